The van der Waals surface area contributed by atoms with E-state index in [2.05, 4.69) is 177 Å². The van der Waals surface area contributed by atoms with Crippen LogP contribution in [0.4, 0.5) is 0 Å². The zero-order valence-electron chi connectivity index (χ0n) is 28.3. The van der Waals surface area contributed by atoms with E-state index in [9.17, 15) is 0 Å². The second-order valence-electron chi connectivity index (χ2n) is 14.2. The Morgan fingerprint density at radius 1 is 0.340 bits per heavy atom. The van der Waals surface area contributed by atoms with Crippen LogP contribution in [0, 0.1) is 0 Å². The third-order valence-electron chi connectivity index (χ3n) is 11.5. The minimum atomic E-state index is 0.651. The quantitative estimate of drug-likeness (QED) is 0.183. The number of aromatic nitrogens is 5. The van der Waals surface area contributed by atoms with Crippen molar-refractivity contribution in [3.8, 4) is 11.8 Å². The molecule has 5 heterocycles. The van der Waals surface area contributed by atoms with Crippen LogP contribution >= 0.6 is 0 Å². The summed E-state index contributed by atoms with van der Waals surface area (Å²) in [6.45, 7) is 0. The highest BCUT2D eigenvalue weighted by Gasteiger charge is 2.26. The molecule has 0 aliphatic heterocycles. The summed E-state index contributed by atoms with van der Waals surface area (Å²) in [4.78, 5) is 11.0. The first-order valence-corrected chi connectivity index (χ1v) is 18.1. The Morgan fingerprint density at radius 3 is 1.66 bits per heavy atom. The van der Waals surface area contributed by atoms with Gasteiger partial charge in [0.1, 0.15) is 0 Å². The van der Waals surface area contributed by atoms with E-state index in [0.29, 0.717) is 5.95 Å². The number of hydrogen-bond acceptors (Lipinski definition) is 2. The molecule has 5 nitrogen and oxygen atoms in total. The van der Waals surface area contributed by atoms with E-state index in [0.717, 1.165) is 38.8 Å². The van der Waals surface area contributed by atoms with Gasteiger partial charge in [0.15, 0.2) is 5.82 Å². The van der Waals surface area contributed by atoms with Gasteiger partial charge in [0.2, 0.25) is 5.95 Å². The molecule has 0 saturated carbocycles. The van der Waals surface area contributed by atoms with E-state index in [4.69, 9.17) is 9.97 Å². The molecule has 244 valence electrons. The van der Waals surface area contributed by atoms with Crippen LogP contribution in [-0.2, 0) is 0 Å². The van der Waals surface area contributed by atoms with Crippen LogP contribution < -0.4 is 0 Å². The highest BCUT2D eigenvalue weighted by Crippen LogP contribution is 2.47. The maximum Gasteiger partial charge on any atom is 0.237 e. The summed E-state index contributed by atoms with van der Waals surface area (Å²) in [5.74, 6) is 1.52. The van der Waals surface area contributed by atoms with E-state index in [1.807, 2.05) is 0 Å². The molecule has 0 amide bonds. The normalized spacial score (nSPS) is 12.5. The largest absolute Gasteiger partial charge is 0.308 e. The summed E-state index contributed by atoms with van der Waals surface area (Å²) in [5, 5.41) is 13.3. The Bertz CT molecular complexity index is 3690. The van der Waals surface area contributed by atoms with E-state index < -0.39 is 0 Å². The van der Waals surface area contributed by atoms with Crippen LogP contribution in [0.25, 0.3) is 115 Å². The van der Waals surface area contributed by atoms with E-state index >= 15 is 0 Å². The SMILES string of the molecule is c1ccc2c(c1)ccc1c2c2ccccc2n1-c1nc(-n2c3ccccc3c3cc4c5ccccc5n5c6ccccc6c(c32)c45)c2ccccc2n1. The van der Waals surface area contributed by atoms with Gasteiger partial charge in [0.05, 0.1) is 44.1 Å². The Morgan fingerprint density at radius 2 is 0.887 bits per heavy atom. The summed E-state index contributed by atoms with van der Waals surface area (Å²) in [6.07, 6.45) is 0. The molecule has 0 spiro atoms. The molecule has 13 rings (SSSR count). The topological polar surface area (TPSA) is 40.0 Å². The van der Waals surface area contributed by atoms with E-state index in [-0.39, 0.29) is 0 Å². The minimum absolute atomic E-state index is 0.651. The van der Waals surface area contributed by atoms with Crippen LogP contribution in [-0.4, -0.2) is 23.5 Å². The third-order valence-corrected chi connectivity index (χ3v) is 11.5. The van der Waals surface area contributed by atoms with Gasteiger partial charge in [-0.2, -0.15) is 4.98 Å². The highest BCUT2D eigenvalue weighted by molar-refractivity contribution is 6.34. The lowest BCUT2D eigenvalue weighted by Gasteiger charge is -2.14. The average molecular weight is 674 g/mol. The monoisotopic (exact) mass is 673 g/mol. The molecule has 0 N–H and O–H groups in total. The average Bonchev–Trinajstić information content (AvgIpc) is 3.94. The lowest BCUT2D eigenvalue weighted by atomic mass is 10.0. The van der Waals surface area contributed by atoms with Crippen molar-refractivity contribution in [2.75, 3.05) is 0 Å². The molecular formula is C48H27N5. The molecular weight excluding hydrogens is 647 g/mol. The fourth-order valence-corrected chi connectivity index (χ4v) is 9.45. The molecule has 0 unspecified atom stereocenters. The van der Waals surface area contributed by atoms with Crippen LogP contribution in [0.2, 0.25) is 0 Å². The van der Waals surface area contributed by atoms with Crippen molar-refractivity contribution >= 4 is 103 Å². The molecule has 0 atom stereocenters. The summed E-state index contributed by atoms with van der Waals surface area (Å²) in [5.41, 5.74) is 9.04. The third kappa shape index (κ3) is 3.37. The number of benzene rings is 8. The van der Waals surface area contributed by atoms with Crippen molar-refractivity contribution in [1.82, 2.24) is 23.5 Å². The maximum absolute atomic E-state index is 5.65. The van der Waals surface area contributed by atoms with Crippen molar-refractivity contribution in [2.24, 2.45) is 0 Å². The number of rotatable bonds is 2. The van der Waals surface area contributed by atoms with Crippen molar-refractivity contribution in [3.05, 3.63) is 164 Å². The smallest absolute Gasteiger partial charge is 0.237 e. The molecule has 0 aliphatic carbocycles. The number of nitrogens with zero attached hydrogens (tertiary/aromatic N) is 5. The molecule has 5 aromatic heterocycles. The van der Waals surface area contributed by atoms with Gasteiger partial charge in [-0.1, -0.05) is 115 Å². The van der Waals surface area contributed by atoms with E-state index in [1.54, 1.807) is 0 Å². The molecule has 13 aromatic rings. The fourth-order valence-electron chi connectivity index (χ4n) is 9.45. The van der Waals surface area contributed by atoms with Crippen LogP contribution in [0.5, 0.6) is 0 Å². The van der Waals surface area contributed by atoms with Gasteiger partial charge in [-0.25, -0.2) is 4.98 Å². The Hall–Kier alpha value is -7.24. The van der Waals surface area contributed by atoms with E-state index in [1.165, 1.54) is 70.4 Å². The van der Waals surface area contributed by atoms with Gasteiger partial charge in [0.25, 0.3) is 0 Å². The van der Waals surface area contributed by atoms with Gasteiger partial charge >= 0.3 is 0 Å². The molecule has 8 aromatic carbocycles. The van der Waals surface area contributed by atoms with Crippen molar-refractivity contribution < 1.29 is 0 Å². The van der Waals surface area contributed by atoms with Crippen molar-refractivity contribution in [2.45, 2.75) is 0 Å². The van der Waals surface area contributed by atoms with Gasteiger partial charge in [0, 0.05) is 48.5 Å². The second-order valence-corrected chi connectivity index (χ2v) is 14.2. The predicted octanol–water partition coefficient (Wildman–Crippen LogP) is 12.1. The van der Waals surface area contributed by atoms with Crippen molar-refractivity contribution in [1.29, 1.82) is 0 Å². The molecule has 0 saturated heterocycles. The van der Waals surface area contributed by atoms with Crippen molar-refractivity contribution in [3.63, 3.8) is 0 Å². The predicted molar refractivity (Wildman–Crippen MR) is 220 cm³/mol. The summed E-state index contributed by atoms with van der Waals surface area (Å²) in [7, 11) is 0. The highest BCUT2D eigenvalue weighted by atomic mass is 15.2. The van der Waals surface area contributed by atoms with Gasteiger partial charge < -0.3 is 4.40 Å². The number of hydrogen-bond donors (Lipinski definition) is 0. The van der Waals surface area contributed by atoms with Gasteiger partial charge in [-0.3, -0.25) is 9.13 Å². The Labute approximate surface area is 301 Å². The first-order chi connectivity index (χ1) is 26.3. The molecule has 0 radical (unpaired) electrons. The molecule has 0 fully saturated rings. The summed E-state index contributed by atoms with van der Waals surface area (Å²) in [6, 6.07) is 59.0. The van der Waals surface area contributed by atoms with Gasteiger partial charge in [-0.15, -0.1) is 0 Å². The zero-order valence-corrected chi connectivity index (χ0v) is 28.3. The lowest BCUT2D eigenvalue weighted by molar-refractivity contribution is 0.974. The summed E-state index contributed by atoms with van der Waals surface area (Å²) >= 11 is 0. The zero-order chi connectivity index (χ0) is 34.4. The molecule has 53 heavy (non-hydrogen) atoms. The summed E-state index contributed by atoms with van der Waals surface area (Å²) < 4.78 is 7.13. The van der Waals surface area contributed by atoms with Crippen LogP contribution in [0.3, 0.4) is 0 Å². The molecule has 5 heteroatoms. The van der Waals surface area contributed by atoms with Crippen LogP contribution in [0.15, 0.2) is 164 Å². The number of fused-ring (bicyclic) bond motifs is 16. The second kappa shape index (κ2) is 9.75. The lowest BCUT2D eigenvalue weighted by Crippen LogP contribution is -2.07. The molecule has 0 bridgehead atoms. The minimum Gasteiger partial charge on any atom is -0.308 e. The van der Waals surface area contributed by atoms with Gasteiger partial charge in [-0.05, 0) is 59.3 Å². The Balaban J connectivity index is 1.24. The Kier molecular flexibility index (Phi) is 5.06. The first-order valence-electron chi connectivity index (χ1n) is 18.1. The standard InChI is InChI=1S/C48H27N5/c1-2-14-29-28(13-1)25-26-42-43(29)33-18-6-12-24-41(33)52(42)48-49-37-20-8-3-17-32(37)47(50-48)53-39-22-10-5-16-31(39)36-27-35-30-15-4-9-21-38(30)51-40-23-11-7-19-34(40)44(45(35)51)46(36)53/h1-27H. The number of para-hydroxylation sites is 5. The first kappa shape index (κ1) is 27.5. The van der Waals surface area contributed by atoms with Crippen LogP contribution in [0.1, 0.15) is 0 Å². The fraction of sp³-hybridized carbons (Fsp3) is 0. The maximum atomic E-state index is 5.65. The molecule has 0 aliphatic rings.